The lowest BCUT2D eigenvalue weighted by Gasteiger charge is -2.32. The molecule has 3 rings (SSSR count). The fourth-order valence-electron chi connectivity index (χ4n) is 4.39. The van der Waals surface area contributed by atoms with Crippen molar-refractivity contribution >= 4 is 6.09 Å². The van der Waals surface area contributed by atoms with Gasteiger partial charge in [0, 0.05) is 12.1 Å². The highest BCUT2D eigenvalue weighted by molar-refractivity contribution is 5.69. The lowest BCUT2D eigenvalue weighted by molar-refractivity contribution is -0.00791. The molecule has 1 aromatic carbocycles. The zero-order chi connectivity index (χ0) is 19.6. The molecule has 2 aliphatic rings. The molecular formula is C20H28F2N2O3. The zero-order valence-electron chi connectivity index (χ0n) is 15.9. The summed E-state index contributed by atoms with van der Waals surface area (Å²) < 4.78 is 37.5. The van der Waals surface area contributed by atoms with Crippen LogP contribution in [0.1, 0.15) is 50.5 Å². The van der Waals surface area contributed by atoms with Crippen LogP contribution in [0.5, 0.6) is 0 Å². The summed E-state index contributed by atoms with van der Waals surface area (Å²) in [5.41, 5.74) is 7.04. The van der Waals surface area contributed by atoms with Crippen molar-refractivity contribution in [3.05, 3.63) is 35.4 Å². The summed E-state index contributed by atoms with van der Waals surface area (Å²) >= 11 is 0. The van der Waals surface area contributed by atoms with Crippen molar-refractivity contribution in [1.82, 2.24) is 4.90 Å². The Morgan fingerprint density at radius 1 is 1.22 bits per heavy atom. The minimum Gasteiger partial charge on any atom is -0.453 e. The van der Waals surface area contributed by atoms with Gasteiger partial charge >= 0.3 is 6.09 Å². The molecule has 1 aliphatic heterocycles. The van der Waals surface area contributed by atoms with Crippen LogP contribution >= 0.6 is 0 Å². The lowest BCUT2D eigenvalue weighted by atomic mass is 9.82. The van der Waals surface area contributed by atoms with Crippen molar-refractivity contribution in [3.8, 4) is 0 Å². The van der Waals surface area contributed by atoms with Crippen LogP contribution in [-0.2, 0) is 9.47 Å². The lowest BCUT2D eigenvalue weighted by Crippen LogP contribution is -2.47. The minimum atomic E-state index is -0.812. The van der Waals surface area contributed by atoms with Gasteiger partial charge in [-0.15, -0.1) is 0 Å². The molecule has 1 aromatic rings. The van der Waals surface area contributed by atoms with Crippen LogP contribution in [0.15, 0.2) is 18.2 Å². The molecule has 2 N–H and O–H groups in total. The molecular weight excluding hydrogens is 354 g/mol. The molecule has 0 spiro atoms. The van der Waals surface area contributed by atoms with E-state index in [0.29, 0.717) is 6.61 Å². The van der Waals surface area contributed by atoms with Gasteiger partial charge in [-0.2, -0.15) is 0 Å². The highest BCUT2D eigenvalue weighted by Crippen LogP contribution is 2.35. The molecule has 27 heavy (non-hydrogen) atoms. The minimum absolute atomic E-state index is 0.0326. The zero-order valence-corrected chi connectivity index (χ0v) is 15.9. The molecule has 0 aromatic heterocycles. The van der Waals surface area contributed by atoms with Crippen molar-refractivity contribution in [2.75, 3.05) is 13.7 Å². The van der Waals surface area contributed by atoms with E-state index in [1.165, 1.54) is 19.2 Å². The van der Waals surface area contributed by atoms with Gasteiger partial charge in [0.15, 0.2) is 11.6 Å². The topological polar surface area (TPSA) is 64.8 Å². The van der Waals surface area contributed by atoms with Gasteiger partial charge in [-0.25, -0.2) is 13.6 Å². The Morgan fingerprint density at radius 2 is 1.93 bits per heavy atom. The Hall–Kier alpha value is -1.73. The molecule has 3 atom stereocenters. The number of benzene rings is 1. The largest absolute Gasteiger partial charge is 0.453 e. The van der Waals surface area contributed by atoms with Gasteiger partial charge < -0.3 is 15.2 Å². The van der Waals surface area contributed by atoms with Gasteiger partial charge in [0.2, 0.25) is 0 Å². The monoisotopic (exact) mass is 382 g/mol. The van der Waals surface area contributed by atoms with E-state index in [-0.39, 0.29) is 36.2 Å². The van der Waals surface area contributed by atoms with Crippen molar-refractivity contribution in [1.29, 1.82) is 0 Å². The van der Waals surface area contributed by atoms with Crippen molar-refractivity contribution in [3.63, 3.8) is 0 Å². The van der Waals surface area contributed by atoms with Crippen LogP contribution in [-0.4, -0.2) is 48.9 Å². The van der Waals surface area contributed by atoms with Gasteiger partial charge in [-0.3, -0.25) is 4.90 Å². The Kier molecular flexibility index (Phi) is 6.32. The predicted molar refractivity (Wildman–Crippen MR) is 97.4 cm³/mol. The SMILES string of the molecule is COC(=O)N1[C@H](C)C[C@H](N)[C@@H]1COC1CCC(c2ccc(F)c(F)c2)CC1. The Bertz CT molecular complexity index is 665. The summed E-state index contributed by atoms with van der Waals surface area (Å²) in [5.74, 6) is -1.38. The van der Waals surface area contributed by atoms with E-state index in [1.54, 1.807) is 11.0 Å². The van der Waals surface area contributed by atoms with Crippen LogP contribution in [0.25, 0.3) is 0 Å². The van der Waals surface area contributed by atoms with Crippen molar-refractivity contribution in [2.24, 2.45) is 5.73 Å². The number of carbonyl (C=O) groups is 1. The fourth-order valence-corrected chi connectivity index (χ4v) is 4.39. The van der Waals surface area contributed by atoms with Crippen LogP contribution in [0, 0.1) is 11.6 Å². The smallest absolute Gasteiger partial charge is 0.410 e. The number of hydrogen-bond acceptors (Lipinski definition) is 4. The number of nitrogens with two attached hydrogens (primary N) is 1. The number of rotatable bonds is 4. The maximum absolute atomic E-state index is 13.4. The molecule has 0 bridgehead atoms. The normalized spacial score (nSPS) is 31.1. The van der Waals surface area contributed by atoms with E-state index in [9.17, 15) is 13.6 Å². The second-order valence-electron chi connectivity index (χ2n) is 7.67. The van der Waals surface area contributed by atoms with Gasteiger partial charge in [-0.05, 0) is 62.6 Å². The third kappa shape index (κ3) is 4.41. The molecule has 1 aliphatic carbocycles. The quantitative estimate of drug-likeness (QED) is 0.865. The van der Waals surface area contributed by atoms with Crippen LogP contribution in [0.3, 0.4) is 0 Å². The molecule has 1 amide bonds. The molecule has 1 heterocycles. The molecule has 7 heteroatoms. The molecule has 5 nitrogen and oxygen atoms in total. The summed E-state index contributed by atoms with van der Waals surface area (Å²) in [6.07, 6.45) is 3.87. The highest BCUT2D eigenvalue weighted by Gasteiger charge is 2.41. The number of methoxy groups -OCH3 is 1. The first-order valence-corrected chi connectivity index (χ1v) is 9.59. The average Bonchev–Trinajstić information content (AvgIpc) is 2.95. The second kappa shape index (κ2) is 8.52. The standard InChI is InChI=1S/C20H28F2N2O3/c1-12-9-18(23)19(24(12)20(25)26-2)11-27-15-6-3-13(4-7-15)14-5-8-16(21)17(22)10-14/h5,8,10,12-13,15,18-19H,3-4,6-7,9,11,23H2,1-2H3/t12-,13?,15?,18+,19+/m1/s1. The van der Waals surface area contributed by atoms with E-state index in [1.807, 2.05) is 6.92 Å². The first-order valence-electron chi connectivity index (χ1n) is 9.59. The van der Waals surface area contributed by atoms with Gasteiger partial charge in [0.05, 0.1) is 25.9 Å². The van der Waals surface area contributed by atoms with E-state index in [2.05, 4.69) is 0 Å². The van der Waals surface area contributed by atoms with E-state index in [0.717, 1.165) is 37.7 Å². The maximum atomic E-state index is 13.4. The first-order chi connectivity index (χ1) is 12.9. The number of hydrogen-bond donors (Lipinski definition) is 1. The molecule has 1 saturated heterocycles. The van der Waals surface area contributed by atoms with E-state index < -0.39 is 11.6 Å². The maximum Gasteiger partial charge on any atom is 0.410 e. The number of carbonyl (C=O) groups excluding carboxylic acids is 1. The van der Waals surface area contributed by atoms with Crippen LogP contribution in [0.4, 0.5) is 13.6 Å². The predicted octanol–water partition coefficient (Wildman–Crippen LogP) is 3.56. The Balaban J connectivity index is 1.51. The van der Waals surface area contributed by atoms with E-state index >= 15 is 0 Å². The van der Waals surface area contributed by atoms with Crippen LogP contribution in [0.2, 0.25) is 0 Å². The second-order valence-corrected chi connectivity index (χ2v) is 7.67. The molecule has 0 radical (unpaired) electrons. The molecule has 2 fully saturated rings. The highest BCUT2D eigenvalue weighted by atomic mass is 19.2. The fraction of sp³-hybridized carbons (Fsp3) is 0.650. The Labute approximate surface area is 158 Å². The van der Waals surface area contributed by atoms with Gasteiger partial charge in [0.25, 0.3) is 0 Å². The summed E-state index contributed by atoms with van der Waals surface area (Å²) in [5, 5.41) is 0. The van der Waals surface area contributed by atoms with Crippen LogP contribution < -0.4 is 5.73 Å². The molecule has 150 valence electrons. The van der Waals surface area contributed by atoms with E-state index in [4.69, 9.17) is 15.2 Å². The summed E-state index contributed by atoms with van der Waals surface area (Å²) in [6, 6.07) is 3.88. The third-order valence-corrected chi connectivity index (χ3v) is 5.92. The number of nitrogens with zero attached hydrogens (tertiary/aromatic N) is 1. The van der Waals surface area contributed by atoms with Gasteiger partial charge in [0.1, 0.15) is 0 Å². The van der Waals surface area contributed by atoms with Gasteiger partial charge in [-0.1, -0.05) is 6.07 Å². The first kappa shape index (κ1) is 20.0. The third-order valence-electron chi connectivity index (χ3n) is 5.92. The number of halogens is 2. The number of amides is 1. The summed E-state index contributed by atoms with van der Waals surface area (Å²) in [6.45, 7) is 2.35. The van der Waals surface area contributed by atoms with Crippen molar-refractivity contribution in [2.45, 2.75) is 69.2 Å². The van der Waals surface area contributed by atoms with Crippen molar-refractivity contribution < 1.29 is 23.0 Å². The summed E-state index contributed by atoms with van der Waals surface area (Å²) in [7, 11) is 1.37. The summed E-state index contributed by atoms with van der Waals surface area (Å²) in [4.78, 5) is 13.7. The number of likely N-dealkylation sites (tertiary alicyclic amines) is 1. The number of ether oxygens (including phenoxy) is 2. The molecule has 0 unspecified atom stereocenters. The average molecular weight is 382 g/mol. The molecule has 1 saturated carbocycles. The Morgan fingerprint density at radius 3 is 2.56 bits per heavy atom.